The lowest BCUT2D eigenvalue weighted by Gasteiger charge is -2.07. The van der Waals surface area contributed by atoms with Crippen LogP contribution in [-0.4, -0.2) is 21.5 Å². The average Bonchev–Trinajstić information content (AvgIpc) is 2.81. The van der Waals surface area contributed by atoms with Gasteiger partial charge in [0, 0.05) is 18.8 Å². The molecular weight excluding hydrogens is 240 g/mol. The van der Waals surface area contributed by atoms with Gasteiger partial charge in [-0.15, -0.1) is 0 Å². The van der Waals surface area contributed by atoms with E-state index in [0.717, 1.165) is 22.6 Å². The standard InChI is InChI=1S/C15H16N2O2/c1-12-10-13(4-3-9-18)5-6-15(12)19-11-14-7-8-17(2)16-14/h5-8,10,18H,9,11H2,1-2H3. The molecule has 4 heteroatoms. The summed E-state index contributed by atoms with van der Waals surface area (Å²) in [7, 11) is 1.88. The van der Waals surface area contributed by atoms with Crippen LogP contribution in [-0.2, 0) is 13.7 Å². The average molecular weight is 256 g/mol. The number of nitrogens with zero attached hydrogens (tertiary/aromatic N) is 2. The van der Waals surface area contributed by atoms with Crippen LogP contribution in [0.2, 0.25) is 0 Å². The molecule has 1 heterocycles. The Hall–Kier alpha value is -2.25. The molecule has 2 aromatic rings. The first-order chi connectivity index (χ1) is 9.19. The molecule has 2 rings (SSSR count). The van der Waals surface area contributed by atoms with Crippen LogP contribution in [0.3, 0.4) is 0 Å². The number of benzene rings is 1. The fourth-order valence-corrected chi connectivity index (χ4v) is 1.72. The SMILES string of the molecule is Cc1cc(C#CCO)ccc1OCc1ccn(C)n1. The van der Waals surface area contributed by atoms with Crippen molar-refractivity contribution in [2.45, 2.75) is 13.5 Å². The number of aryl methyl sites for hydroxylation is 2. The number of hydrogen-bond acceptors (Lipinski definition) is 3. The van der Waals surface area contributed by atoms with E-state index in [4.69, 9.17) is 9.84 Å². The lowest BCUT2D eigenvalue weighted by atomic mass is 10.1. The van der Waals surface area contributed by atoms with E-state index in [-0.39, 0.29) is 6.61 Å². The number of aliphatic hydroxyl groups excluding tert-OH is 1. The van der Waals surface area contributed by atoms with Gasteiger partial charge in [-0.25, -0.2) is 0 Å². The van der Waals surface area contributed by atoms with E-state index in [2.05, 4.69) is 16.9 Å². The van der Waals surface area contributed by atoms with Crippen LogP contribution < -0.4 is 4.74 Å². The summed E-state index contributed by atoms with van der Waals surface area (Å²) in [6.45, 7) is 2.29. The first-order valence-corrected chi connectivity index (χ1v) is 6.01. The number of hydrogen-bond donors (Lipinski definition) is 1. The van der Waals surface area contributed by atoms with Crippen molar-refractivity contribution in [2.75, 3.05) is 6.61 Å². The topological polar surface area (TPSA) is 47.3 Å². The molecule has 0 radical (unpaired) electrons. The fourth-order valence-electron chi connectivity index (χ4n) is 1.72. The second-order valence-corrected chi connectivity index (χ2v) is 4.21. The molecule has 0 aliphatic rings. The Morgan fingerprint density at radius 2 is 2.21 bits per heavy atom. The normalized spacial score (nSPS) is 9.84. The van der Waals surface area contributed by atoms with Crippen LogP contribution in [0, 0.1) is 18.8 Å². The number of aromatic nitrogens is 2. The molecule has 1 aromatic heterocycles. The third kappa shape index (κ3) is 3.60. The molecule has 0 saturated heterocycles. The summed E-state index contributed by atoms with van der Waals surface area (Å²) in [5.74, 6) is 6.31. The maximum atomic E-state index is 8.66. The van der Waals surface area contributed by atoms with E-state index < -0.39 is 0 Å². The van der Waals surface area contributed by atoms with E-state index in [0.29, 0.717) is 6.61 Å². The summed E-state index contributed by atoms with van der Waals surface area (Å²) in [5.41, 5.74) is 2.78. The Labute approximate surface area is 112 Å². The first kappa shape index (κ1) is 13.2. The van der Waals surface area contributed by atoms with Crippen LogP contribution in [0.15, 0.2) is 30.5 Å². The molecule has 0 saturated carbocycles. The summed E-state index contributed by atoms with van der Waals surface area (Å²) >= 11 is 0. The molecule has 0 spiro atoms. The predicted molar refractivity (Wildman–Crippen MR) is 72.7 cm³/mol. The summed E-state index contributed by atoms with van der Waals surface area (Å²) in [6, 6.07) is 7.63. The molecule has 98 valence electrons. The molecule has 1 aromatic carbocycles. The van der Waals surface area contributed by atoms with Gasteiger partial charge in [-0.2, -0.15) is 5.10 Å². The Balaban J connectivity index is 2.05. The zero-order valence-corrected chi connectivity index (χ0v) is 11.1. The van der Waals surface area contributed by atoms with E-state index in [1.165, 1.54) is 0 Å². The van der Waals surface area contributed by atoms with Gasteiger partial charge in [0.05, 0.1) is 5.69 Å². The van der Waals surface area contributed by atoms with Gasteiger partial charge >= 0.3 is 0 Å². The highest BCUT2D eigenvalue weighted by Crippen LogP contribution is 2.19. The number of ether oxygens (including phenoxy) is 1. The number of aliphatic hydroxyl groups is 1. The molecule has 0 aliphatic carbocycles. The summed E-state index contributed by atoms with van der Waals surface area (Å²) < 4.78 is 7.47. The molecule has 0 aliphatic heterocycles. The molecule has 4 nitrogen and oxygen atoms in total. The van der Waals surface area contributed by atoms with Crippen LogP contribution >= 0.6 is 0 Å². The van der Waals surface area contributed by atoms with Gasteiger partial charge in [-0.05, 0) is 36.8 Å². The third-order valence-electron chi connectivity index (χ3n) is 2.63. The van der Waals surface area contributed by atoms with Gasteiger partial charge in [0.15, 0.2) is 0 Å². The molecule has 0 atom stereocenters. The largest absolute Gasteiger partial charge is 0.487 e. The minimum Gasteiger partial charge on any atom is -0.487 e. The summed E-state index contributed by atoms with van der Waals surface area (Å²) in [4.78, 5) is 0. The van der Waals surface area contributed by atoms with Crippen LogP contribution in [0.1, 0.15) is 16.8 Å². The van der Waals surface area contributed by atoms with Gasteiger partial charge in [-0.3, -0.25) is 4.68 Å². The fraction of sp³-hybridized carbons (Fsp3) is 0.267. The monoisotopic (exact) mass is 256 g/mol. The lowest BCUT2D eigenvalue weighted by Crippen LogP contribution is -1.99. The lowest BCUT2D eigenvalue weighted by molar-refractivity contribution is 0.298. The Kier molecular flexibility index (Phi) is 4.22. The van der Waals surface area contributed by atoms with E-state index in [1.54, 1.807) is 4.68 Å². The summed E-state index contributed by atoms with van der Waals surface area (Å²) in [6.07, 6.45) is 1.89. The van der Waals surface area contributed by atoms with Gasteiger partial charge in [0.1, 0.15) is 19.0 Å². The molecule has 1 N–H and O–H groups in total. The van der Waals surface area contributed by atoms with Crippen molar-refractivity contribution < 1.29 is 9.84 Å². The van der Waals surface area contributed by atoms with Crippen molar-refractivity contribution in [3.8, 4) is 17.6 Å². The van der Waals surface area contributed by atoms with Gasteiger partial charge < -0.3 is 9.84 Å². The maximum Gasteiger partial charge on any atom is 0.132 e. The van der Waals surface area contributed by atoms with Crippen molar-refractivity contribution in [1.29, 1.82) is 0 Å². The zero-order chi connectivity index (χ0) is 13.7. The minimum atomic E-state index is -0.128. The number of rotatable bonds is 3. The maximum absolute atomic E-state index is 8.66. The second-order valence-electron chi connectivity index (χ2n) is 4.21. The predicted octanol–water partition coefficient (Wildman–Crippen LogP) is 1.65. The van der Waals surface area contributed by atoms with Gasteiger partial charge in [0.2, 0.25) is 0 Å². The highest BCUT2D eigenvalue weighted by Gasteiger charge is 2.02. The van der Waals surface area contributed by atoms with E-state index >= 15 is 0 Å². The smallest absolute Gasteiger partial charge is 0.132 e. The summed E-state index contributed by atoms with van der Waals surface area (Å²) in [5, 5.41) is 12.9. The quantitative estimate of drug-likeness (QED) is 0.849. The highest BCUT2D eigenvalue weighted by atomic mass is 16.5. The second kappa shape index (κ2) is 6.07. The minimum absolute atomic E-state index is 0.128. The van der Waals surface area contributed by atoms with Crippen molar-refractivity contribution in [3.05, 3.63) is 47.3 Å². The first-order valence-electron chi connectivity index (χ1n) is 6.01. The molecule has 19 heavy (non-hydrogen) atoms. The Bertz CT molecular complexity index is 621. The highest BCUT2D eigenvalue weighted by molar-refractivity contribution is 5.43. The van der Waals surface area contributed by atoms with Crippen LogP contribution in [0.4, 0.5) is 0 Å². The molecule has 0 amide bonds. The molecule has 0 unspecified atom stereocenters. The van der Waals surface area contributed by atoms with Crippen molar-refractivity contribution in [3.63, 3.8) is 0 Å². The Morgan fingerprint density at radius 1 is 1.37 bits per heavy atom. The van der Waals surface area contributed by atoms with Gasteiger partial charge in [-0.1, -0.05) is 11.8 Å². The molecular formula is C15H16N2O2. The molecule has 0 bridgehead atoms. The van der Waals surface area contributed by atoms with E-state index in [1.807, 2.05) is 44.4 Å². The van der Waals surface area contributed by atoms with Crippen LogP contribution in [0.25, 0.3) is 0 Å². The van der Waals surface area contributed by atoms with Crippen molar-refractivity contribution in [1.82, 2.24) is 9.78 Å². The zero-order valence-electron chi connectivity index (χ0n) is 11.1. The van der Waals surface area contributed by atoms with Crippen LogP contribution in [0.5, 0.6) is 5.75 Å². The van der Waals surface area contributed by atoms with Crippen molar-refractivity contribution >= 4 is 0 Å². The van der Waals surface area contributed by atoms with Gasteiger partial charge in [0.25, 0.3) is 0 Å². The van der Waals surface area contributed by atoms with Crippen molar-refractivity contribution in [2.24, 2.45) is 7.05 Å². The third-order valence-corrected chi connectivity index (χ3v) is 2.63. The molecule has 0 fully saturated rings. The Morgan fingerprint density at radius 3 is 2.84 bits per heavy atom. The van der Waals surface area contributed by atoms with E-state index in [9.17, 15) is 0 Å².